The summed E-state index contributed by atoms with van der Waals surface area (Å²) < 4.78 is 5.48. The van der Waals surface area contributed by atoms with Crippen LogP contribution in [0.4, 0.5) is 0 Å². The van der Waals surface area contributed by atoms with Crippen molar-refractivity contribution >= 4 is 5.97 Å². The van der Waals surface area contributed by atoms with Crippen LogP contribution in [0, 0.1) is 5.92 Å². The van der Waals surface area contributed by atoms with Gasteiger partial charge < -0.3 is 9.84 Å². The normalized spacial score (nSPS) is 25.9. The predicted molar refractivity (Wildman–Crippen MR) is 86.2 cm³/mol. The summed E-state index contributed by atoms with van der Waals surface area (Å²) in [6, 6.07) is 0. The summed E-state index contributed by atoms with van der Waals surface area (Å²) in [5, 5.41) is 9.62. The minimum Gasteiger partial charge on any atom is -0.457 e. The lowest BCUT2D eigenvalue weighted by Crippen LogP contribution is -2.44. The average Bonchev–Trinajstić information content (AvgIpc) is 2.44. The van der Waals surface area contributed by atoms with Gasteiger partial charge in [0, 0.05) is 6.42 Å². The highest BCUT2D eigenvalue weighted by Crippen LogP contribution is 2.33. The van der Waals surface area contributed by atoms with Crippen LogP contribution in [0.25, 0.3) is 0 Å². The first-order valence-electron chi connectivity index (χ1n) is 8.94. The molecule has 0 radical (unpaired) electrons. The van der Waals surface area contributed by atoms with E-state index in [1.165, 1.54) is 51.4 Å². The largest absolute Gasteiger partial charge is 0.457 e. The van der Waals surface area contributed by atoms with Crippen LogP contribution in [0.3, 0.4) is 0 Å². The molecule has 0 aliphatic carbocycles. The molecule has 3 heteroatoms. The van der Waals surface area contributed by atoms with E-state index in [1.807, 2.05) is 0 Å². The van der Waals surface area contributed by atoms with Crippen molar-refractivity contribution < 1.29 is 14.6 Å². The topological polar surface area (TPSA) is 46.5 Å². The summed E-state index contributed by atoms with van der Waals surface area (Å²) >= 11 is 0. The van der Waals surface area contributed by atoms with Crippen LogP contribution >= 0.6 is 0 Å². The van der Waals surface area contributed by atoms with Gasteiger partial charge in [0.25, 0.3) is 0 Å². The number of carbonyl (C=O) groups excluding carboxylic acids is 1. The molecule has 0 amide bonds. The SMILES string of the molecule is CCCCCCCCCCC[C@@]1(CO)C[C@@H](C)CC(=O)O1. The summed E-state index contributed by atoms with van der Waals surface area (Å²) in [7, 11) is 0. The fourth-order valence-corrected chi connectivity index (χ4v) is 3.40. The van der Waals surface area contributed by atoms with Gasteiger partial charge >= 0.3 is 5.97 Å². The zero-order valence-electron chi connectivity index (χ0n) is 14.0. The van der Waals surface area contributed by atoms with Crippen molar-refractivity contribution in [3.05, 3.63) is 0 Å². The second kappa shape index (κ2) is 10.2. The van der Waals surface area contributed by atoms with Crippen LogP contribution in [-0.4, -0.2) is 23.3 Å². The zero-order chi connectivity index (χ0) is 15.6. The Balaban J connectivity index is 2.11. The Morgan fingerprint density at radius 1 is 1.10 bits per heavy atom. The molecule has 1 fully saturated rings. The standard InChI is InChI=1S/C18H34O3/c1-3-4-5-6-7-8-9-10-11-12-18(15-19)14-16(2)13-17(20)21-18/h16,19H,3-15H2,1-2H3/t16-,18-/m0/s1. The molecule has 0 aromatic heterocycles. The van der Waals surface area contributed by atoms with Gasteiger partial charge in [0.1, 0.15) is 5.60 Å². The lowest BCUT2D eigenvalue weighted by molar-refractivity contribution is -0.178. The van der Waals surface area contributed by atoms with Gasteiger partial charge in [-0.1, -0.05) is 65.2 Å². The fraction of sp³-hybridized carbons (Fsp3) is 0.944. The smallest absolute Gasteiger partial charge is 0.306 e. The van der Waals surface area contributed by atoms with Crippen molar-refractivity contribution in [1.29, 1.82) is 0 Å². The number of aliphatic hydroxyl groups excluding tert-OH is 1. The number of hydrogen-bond donors (Lipinski definition) is 1. The molecule has 1 N–H and O–H groups in total. The predicted octanol–water partition coefficient (Wildman–Crippen LogP) is 4.61. The minimum absolute atomic E-state index is 0.0277. The molecule has 1 rings (SSSR count). The summed E-state index contributed by atoms with van der Waals surface area (Å²) in [6.07, 6.45) is 13.7. The molecule has 0 spiro atoms. The molecule has 1 aliphatic rings. The van der Waals surface area contributed by atoms with Gasteiger partial charge in [-0.15, -0.1) is 0 Å². The minimum atomic E-state index is -0.587. The molecule has 3 nitrogen and oxygen atoms in total. The molecule has 1 aliphatic heterocycles. The molecular formula is C18H34O3. The molecule has 0 saturated carbocycles. The van der Waals surface area contributed by atoms with Gasteiger partial charge in [-0.2, -0.15) is 0 Å². The molecule has 0 aromatic rings. The number of aliphatic hydroxyl groups is 1. The van der Waals surface area contributed by atoms with Crippen LogP contribution < -0.4 is 0 Å². The number of unbranched alkanes of at least 4 members (excludes halogenated alkanes) is 8. The maximum Gasteiger partial charge on any atom is 0.306 e. The van der Waals surface area contributed by atoms with Gasteiger partial charge in [0.2, 0.25) is 0 Å². The lowest BCUT2D eigenvalue weighted by atomic mass is 9.83. The Hall–Kier alpha value is -0.570. The first-order chi connectivity index (χ1) is 10.1. The van der Waals surface area contributed by atoms with Gasteiger partial charge in [0.15, 0.2) is 0 Å². The van der Waals surface area contributed by atoms with Crippen LogP contribution in [0.15, 0.2) is 0 Å². The van der Waals surface area contributed by atoms with E-state index in [9.17, 15) is 9.90 Å². The maximum absolute atomic E-state index is 11.6. The van der Waals surface area contributed by atoms with Crippen molar-refractivity contribution in [1.82, 2.24) is 0 Å². The fourth-order valence-electron chi connectivity index (χ4n) is 3.40. The molecule has 0 aromatic carbocycles. The van der Waals surface area contributed by atoms with E-state index < -0.39 is 5.60 Å². The molecule has 124 valence electrons. The van der Waals surface area contributed by atoms with Gasteiger partial charge in [-0.3, -0.25) is 4.79 Å². The van der Waals surface area contributed by atoms with E-state index in [0.29, 0.717) is 12.3 Å². The third-order valence-corrected chi connectivity index (χ3v) is 4.59. The molecular weight excluding hydrogens is 264 g/mol. The van der Waals surface area contributed by atoms with E-state index >= 15 is 0 Å². The van der Waals surface area contributed by atoms with Crippen LogP contribution in [0.1, 0.15) is 90.9 Å². The number of hydrogen-bond acceptors (Lipinski definition) is 3. The lowest BCUT2D eigenvalue weighted by Gasteiger charge is -2.38. The number of esters is 1. The molecule has 0 unspecified atom stereocenters. The molecule has 21 heavy (non-hydrogen) atoms. The summed E-state index contributed by atoms with van der Waals surface area (Å²) in [6.45, 7) is 4.29. The quantitative estimate of drug-likeness (QED) is 0.447. The van der Waals surface area contributed by atoms with Crippen LogP contribution in [0.2, 0.25) is 0 Å². The van der Waals surface area contributed by atoms with Crippen LogP contribution in [-0.2, 0) is 9.53 Å². The first kappa shape index (κ1) is 18.5. The van der Waals surface area contributed by atoms with Gasteiger partial charge in [-0.05, 0) is 25.2 Å². The molecule has 2 atom stereocenters. The molecule has 1 heterocycles. The summed E-state index contributed by atoms with van der Waals surface area (Å²) in [5.74, 6) is 0.190. The zero-order valence-corrected chi connectivity index (χ0v) is 14.0. The van der Waals surface area contributed by atoms with Gasteiger partial charge in [-0.25, -0.2) is 0 Å². The van der Waals surface area contributed by atoms with Crippen molar-refractivity contribution in [2.75, 3.05) is 6.61 Å². The maximum atomic E-state index is 11.6. The summed E-state index contributed by atoms with van der Waals surface area (Å²) in [4.78, 5) is 11.6. The Labute approximate surface area is 130 Å². The Kier molecular flexibility index (Phi) is 8.98. The van der Waals surface area contributed by atoms with Crippen molar-refractivity contribution in [3.63, 3.8) is 0 Å². The molecule has 0 bridgehead atoms. The van der Waals surface area contributed by atoms with Crippen molar-refractivity contribution in [2.45, 2.75) is 96.5 Å². The highest BCUT2D eigenvalue weighted by atomic mass is 16.6. The van der Waals surface area contributed by atoms with E-state index in [1.54, 1.807) is 0 Å². The van der Waals surface area contributed by atoms with E-state index in [0.717, 1.165) is 19.3 Å². The van der Waals surface area contributed by atoms with E-state index in [2.05, 4.69) is 13.8 Å². The van der Waals surface area contributed by atoms with E-state index in [-0.39, 0.29) is 12.6 Å². The Morgan fingerprint density at radius 2 is 1.67 bits per heavy atom. The highest BCUT2D eigenvalue weighted by Gasteiger charge is 2.39. The number of cyclic esters (lactones) is 1. The highest BCUT2D eigenvalue weighted by molar-refractivity contribution is 5.71. The van der Waals surface area contributed by atoms with Crippen molar-refractivity contribution in [2.24, 2.45) is 5.92 Å². The summed E-state index contributed by atoms with van der Waals surface area (Å²) in [5.41, 5.74) is -0.587. The number of rotatable bonds is 11. The second-order valence-corrected chi connectivity index (χ2v) is 6.91. The second-order valence-electron chi connectivity index (χ2n) is 6.91. The van der Waals surface area contributed by atoms with Gasteiger partial charge in [0.05, 0.1) is 6.61 Å². The Bertz CT molecular complexity index is 290. The Morgan fingerprint density at radius 3 is 2.19 bits per heavy atom. The molecule has 1 saturated heterocycles. The monoisotopic (exact) mass is 298 g/mol. The number of ether oxygens (including phenoxy) is 1. The van der Waals surface area contributed by atoms with E-state index in [4.69, 9.17) is 4.74 Å². The van der Waals surface area contributed by atoms with Crippen molar-refractivity contribution in [3.8, 4) is 0 Å². The third-order valence-electron chi connectivity index (χ3n) is 4.59. The van der Waals surface area contributed by atoms with Crippen LogP contribution in [0.5, 0.6) is 0 Å². The number of carbonyl (C=O) groups is 1. The average molecular weight is 298 g/mol. The first-order valence-corrected chi connectivity index (χ1v) is 8.94. The third kappa shape index (κ3) is 7.30.